The number of pyridine rings is 1. The van der Waals surface area contributed by atoms with Gasteiger partial charge in [-0.25, -0.2) is 4.98 Å². The lowest BCUT2D eigenvalue weighted by Gasteiger charge is -2.28. The average Bonchev–Trinajstić information content (AvgIpc) is 2.46. The molecule has 2 atom stereocenters. The summed E-state index contributed by atoms with van der Waals surface area (Å²) in [7, 11) is 0. The van der Waals surface area contributed by atoms with Crippen LogP contribution in [0.3, 0.4) is 0 Å². The van der Waals surface area contributed by atoms with Crippen LogP contribution in [0.2, 0.25) is 0 Å². The van der Waals surface area contributed by atoms with Crippen LogP contribution in [0, 0.1) is 0 Å². The molecule has 110 valence electrons. The highest BCUT2D eigenvalue weighted by Gasteiger charge is 2.20. The molecule has 3 rings (SSSR count). The Morgan fingerprint density at radius 2 is 2.24 bits per heavy atom. The first-order chi connectivity index (χ1) is 10.1. The van der Waals surface area contributed by atoms with Gasteiger partial charge in [-0.2, -0.15) is 0 Å². The van der Waals surface area contributed by atoms with Gasteiger partial charge in [0, 0.05) is 23.6 Å². The van der Waals surface area contributed by atoms with E-state index in [2.05, 4.69) is 17.2 Å². The van der Waals surface area contributed by atoms with E-state index in [4.69, 9.17) is 22.7 Å². The SMILES string of the molecule is CC1CC(Nc2cc(C(N)=S)c3ccccc3n2)CCO1. The molecule has 2 aromatic rings. The first kappa shape index (κ1) is 14.2. The Morgan fingerprint density at radius 3 is 3.00 bits per heavy atom. The fourth-order valence-electron chi connectivity index (χ4n) is 2.79. The zero-order valence-electron chi connectivity index (χ0n) is 12.0. The molecule has 1 aromatic carbocycles. The molecule has 3 N–H and O–H groups in total. The molecule has 4 nitrogen and oxygen atoms in total. The summed E-state index contributed by atoms with van der Waals surface area (Å²) in [5.41, 5.74) is 7.64. The van der Waals surface area contributed by atoms with Gasteiger partial charge in [-0.3, -0.25) is 0 Å². The minimum absolute atomic E-state index is 0.284. The highest BCUT2D eigenvalue weighted by molar-refractivity contribution is 7.80. The molecule has 1 aromatic heterocycles. The van der Waals surface area contributed by atoms with Crippen molar-refractivity contribution in [1.29, 1.82) is 0 Å². The fourth-order valence-corrected chi connectivity index (χ4v) is 2.96. The molecule has 1 aliphatic heterocycles. The molecule has 5 heteroatoms. The number of nitrogens with zero attached hydrogens (tertiary/aromatic N) is 1. The molecular formula is C16H19N3OS. The predicted molar refractivity (Wildman–Crippen MR) is 89.7 cm³/mol. The quantitative estimate of drug-likeness (QED) is 0.854. The predicted octanol–water partition coefficient (Wildman–Crippen LogP) is 2.85. The molecule has 0 radical (unpaired) electrons. The number of anilines is 1. The van der Waals surface area contributed by atoms with Crippen molar-refractivity contribution in [2.24, 2.45) is 5.73 Å². The normalized spacial score (nSPS) is 22.1. The summed E-state index contributed by atoms with van der Waals surface area (Å²) in [4.78, 5) is 5.07. The maximum absolute atomic E-state index is 5.86. The van der Waals surface area contributed by atoms with Gasteiger partial charge in [0.1, 0.15) is 10.8 Å². The first-order valence-corrected chi connectivity index (χ1v) is 7.62. The van der Waals surface area contributed by atoms with Crippen LogP contribution < -0.4 is 11.1 Å². The van der Waals surface area contributed by atoms with Crippen LogP contribution in [0.5, 0.6) is 0 Å². The molecule has 21 heavy (non-hydrogen) atoms. The van der Waals surface area contributed by atoms with Crippen molar-refractivity contribution in [2.75, 3.05) is 11.9 Å². The second-order valence-electron chi connectivity index (χ2n) is 5.48. The van der Waals surface area contributed by atoms with E-state index in [9.17, 15) is 0 Å². The van der Waals surface area contributed by atoms with Crippen molar-refractivity contribution >= 4 is 33.9 Å². The number of hydrogen-bond acceptors (Lipinski definition) is 4. The van der Waals surface area contributed by atoms with E-state index in [0.717, 1.165) is 41.7 Å². The highest BCUT2D eigenvalue weighted by atomic mass is 32.1. The van der Waals surface area contributed by atoms with Crippen molar-refractivity contribution < 1.29 is 4.74 Å². The van der Waals surface area contributed by atoms with Crippen molar-refractivity contribution in [3.05, 3.63) is 35.9 Å². The number of thiocarbonyl (C=S) groups is 1. The number of para-hydroxylation sites is 1. The number of benzene rings is 1. The lowest BCUT2D eigenvalue weighted by atomic mass is 10.0. The smallest absolute Gasteiger partial charge is 0.127 e. The summed E-state index contributed by atoms with van der Waals surface area (Å²) in [6.45, 7) is 2.89. The van der Waals surface area contributed by atoms with E-state index < -0.39 is 0 Å². The molecular weight excluding hydrogens is 282 g/mol. The molecule has 2 heterocycles. The van der Waals surface area contributed by atoms with Crippen LogP contribution in [-0.4, -0.2) is 28.7 Å². The van der Waals surface area contributed by atoms with E-state index in [1.807, 2.05) is 30.3 Å². The zero-order chi connectivity index (χ0) is 14.8. The second-order valence-corrected chi connectivity index (χ2v) is 5.92. The number of nitrogens with one attached hydrogen (secondary N) is 1. The van der Waals surface area contributed by atoms with Gasteiger partial charge in [-0.15, -0.1) is 0 Å². The Morgan fingerprint density at radius 1 is 1.43 bits per heavy atom. The number of nitrogens with two attached hydrogens (primary N) is 1. The summed E-state index contributed by atoms with van der Waals surface area (Å²) in [5, 5.41) is 4.49. The summed E-state index contributed by atoms with van der Waals surface area (Å²) in [6, 6.07) is 10.2. The number of hydrogen-bond donors (Lipinski definition) is 2. The van der Waals surface area contributed by atoms with Gasteiger partial charge in [0.05, 0.1) is 11.6 Å². The van der Waals surface area contributed by atoms with Crippen LogP contribution in [0.15, 0.2) is 30.3 Å². The van der Waals surface area contributed by atoms with E-state index >= 15 is 0 Å². The lowest BCUT2D eigenvalue weighted by Crippen LogP contribution is -2.32. The number of ether oxygens (including phenoxy) is 1. The van der Waals surface area contributed by atoms with Gasteiger partial charge in [-0.1, -0.05) is 30.4 Å². The van der Waals surface area contributed by atoms with Crippen LogP contribution in [-0.2, 0) is 4.74 Å². The molecule has 0 bridgehead atoms. The number of fused-ring (bicyclic) bond motifs is 1. The Balaban J connectivity index is 1.93. The molecule has 0 aliphatic carbocycles. The van der Waals surface area contributed by atoms with Crippen molar-refractivity contribution in [3.8, 4) is 0 Å². The Labute approximate surface area is 129 Å². The van der Waals surface area contributed by atoms with Crippen molar-refractivity contribution in [2.45, 2.75) is 31.9 Å². The Kier molecular flexibility index (Phi) is 4.03. The van der Waals surface area contributed by atoms with Gasteiger partial charge in [0.25, 0.3) is 0 Å². The fraction of sp³-hybridized carbons (Fsp3) is 0.375. The topological polar surface area (TPSA) is 60.2 Å². The van der Waals surface area contributed by atoms with Crippen LogP contribution in [0.4, 0.5) is 5.82 Å². The number of rotatable bonds is 3. The molecule has 1 aliphatic rings. The minimum atomic E-state index is 0.284. The monoisotopic (exact) mass is 301 g/mol. The molecule has 1 fully saturated rings. The van der Waals surface area contributed by atoms with Crippen molar-refractivity contribution in [3.63, 3.8) is 0 Å². The van der Waals surface area contributed by atoms with Crippen molar-refractivity contribution in [1.82, 2.24) is 4.98 Å². The van der Waals surface area contributed by atoms with Gasteiger partial charge < -0.3 is 15.8 Å². The minimum Gasteiger partial charge on any atom is -0.389 e. The van der Waals surface area contributed by atoms with E-state index in [-0.39, 0.29) is 6.10 Å². The van der Waals surface area contributed by atoms with Gasteiger partial charge in [0.2, 0.25) is 0 Å². The Bertz CT molecular complexity index is 674. The van der Waals surface area contributed by atoms with E-state index in [1.165, 1.54) is 0 Å². The Hall–Kier alpha value is -1.72. The summed E-state index contributed by atoms with van der Waals surface area (Å²) in [6.07, 6.45) is 2.25. The summed E-state index contributed by atoms with van der Waals surface area (Å²) in [5.74, 6) is 0.829. The van der Waals surface area contributed by atoms with Crippen LogP contribution >= 0.6 is 12.2 Å². The third kappa shape index (κ3) is 3.14. The largest absolute Gasteiger partial charge is 0.389 e. The molecule has 1 saturated heterocycles. The van der Waals surface area contributed by atoms with E-state index in [0.29, 0.717) is 11.0 Å². The third-order valence-electron chi connectivity index (χ3n) is 3.82. The molecule has 0 spiro atoms. The molecule has 2 unspecified atom stereocenters. The van der Waals surface area contributed by atoms with Gasteiger partial charge in [-0.05, 0) is 31.9 Å². The standard InChI is InChI=1S/C16H19N3OS/c1-10-8-11(6-7-20-10)18-15-9-13(16(17)21)12-4-2-3-5-14(12)19-15/h2-5,9-11H,6-8H2,1H3,(H2,17,21)(H,18,19). The van der Waals surface area contributed by atoms with Crippen LogP contribution in [0.1, 0.15) is 25.3 Å². The average molecular weight is 301 g/mol. The van der Waals surface area contributed by atoms with Gasteiger partial charge >= 0.3 is 0 Å². The zero-order valence-corrected chi connectivity index (χ0v) is 12.8. The highest BCUT2D eigenvalue weighted by Crippen LogP contribution is 2.23. The maximum Gasteiger partial charge on any atom is 0.127 e. The summed E-state index contributed by atoms with van der Waals surface area (Å²) >= 11 is 5.17. The van der Waals surface area contributed by atoms with Crippen LogP contribution in [0.25, 0.3) is 10.9 Å². The summed E-state index contributed by atoms with van der Waals surface area (Å²) < 4.78 is 5.58. The maximum atomic E-state index is 5.86. The number of aromatic nitrogens is 1. The first-order valence-electron chi connectivity index (χ1n) is 7.21. The molecule has 0 amide bonds. The molecule has 0 saturated carbocycles. The second kappa shape index (κ2) is 5.95. The third-order valence-corrected chi connectivity index (χ3v) is 4.04. The van der Waals surface area contributed by atoms with E-state index in [1.54, 1.807) is 0 Å². The lowest BCUT2D eigenvalue weighted by molar-refractivity contribution is 0.0232. The van der Waals surface area contributed by atoms with Gasteiger partial charge in [0.15, 0.2) is 0 Å².